The van der Waals surface area contributed by atoms with Gasteiger partial charge in [0.1, 0.15) is 12.5 Å². The van der Waals surface area contributed by atoms with Crippen molar-refractivity contribution < 1.29 is 9.47 Å². The minimum atomic E-state index is -0.0688. The van der Waals surface area contributed by atoms with Crippen molar-refractivity contribution in [1.29, 1.82) is 0 Å². The Kier molecular flexibility index (Phi) is 4.51. The third kappa shape index (κ3) is 3.94. The summed E-state index contributed by atoms with van der Waals surface area (Å²) in [5.74, 6) is 1.48. The highest BCUT2D eigenvalue weighted by Gasteiger charge is 2.18. The summed E-state index contributed by atoms with van der Waals surface area (Å²) < 4.78 is 10.6. The lowest BCUT2D eigenvalue weighted by Crippen LogP contribution is -2.11. The first-order valence-electron chi connectivity index (χ1n) is 6.97. The molecule has 2 heteroatoms. The first kappa shape index (κ1) is 13.3. The predicted octanol–water partition coefficient (Wildman–Crippen LogP) is 4.55. The fourth-order valence-corrected chi connectivity index (χ4v) is 2.84. The Labute approximate surface area is 110 Å². The second-order valence-corrected chi connectivity index (χ2v) is 5.82. The topological polar surface area (TPSA) is 18.5 Å². The monoisotopic (exact) mass is 248 g/mol. The maximum Gasteiger partial charge on any atom is 0.240 e. The van der Waals surface area contributed by atoms with Gasteiger partial charge in [-0.2, -0.15) is 0 Å². The van der Waals surface area contributed by atoms with Crippen LogP contribution in [0.15, 0.2) is 35.8 Å². The van der Waals surface area contributed by atoms with E-state index < -0.39 is 0 Å². The first-order valence-corrected chi connectivity index (χ1v) is 6.97. The Balaban J connectivity index is 1.82. The molecule has 0 N–H and O–H groups in total. The van der Waals surface area contributed by atoms with Crippen LogP contribution in [0.5, 0.6) is 0 Å². The molecule has 0 aromatic carbocycles. The second-order valence-electron chi connectivity index (χ2n) is 5.82. The van der Waals surface area contributed by atoms with E-state index in [1.54, 1.807) is 18.1 Å². The van der Waals surface area contributed by atoms with Crippen molar-refractivity contribution in [3.63, 3.8) is 0 Å². The molecule has 0 aromatic heterocycles. The zero-order valence-corrected chi connectivity index (χ0v) is 11.7. The van der Waals surface area contributed by atoms with Crippen LogP contribution < -0.4 is 0 Å². The highest BCUT2D eigenvalue weighted by Crippen LogP contribution is 2.30. The van der Waals surface area contributed by atoms with Gasteiger partial charge in [-0.15, -0.1) is 0 Å². The van der Waals surface area contributed by atoms with Crippen LogP contribution >= 0.6 is 0 Å². The fourth-order valence-electron chi connectivity index (χ4n) is 2.84. The Hall–Kier alpha value is -1.18. The van der Waals surface area contributed by atoms with Crippen molar-refractivity contribution in [2.24, 2.45) is 11.8 Å². The summed E-state index contributed by atoms with van der Waals surface area (Å²) in [5, 5.41) is 0. The minimum absolute atomic E-state index is 0.0688. The van der Waals surface area contributed by atoms with Gasteiger partial charge in [0.15, 0.2) is 0 Å². The van der Waals surface area contributed by atoms with E-state index in [-0.39, 0.29) is 6.29 Å². The summed E-state index contributed by atoms with van der Waals surface area (Å²) in [7, 11) is 0. The van der Waals surface area contributed by atoms with Crippen LogP contribution in [0.1, 0.15) is 46.5 Å². The zero-order chi connectivity index (χ0) is 13.0. The molecule has 2 nitrogen and oxygen atoms in total. The molecule has 0 saturated heterocycles. The molecule has 0 spiro atoms. The van der Waals surface area contributed by atoms with Crippen LogP contribution in [0.25, 0.3) is 0 Å². The quantitative estimate of drug-likeness (QED) is 0.710. The highest BCUT2D eigenvalue weighted by atomic mass is 16.7. The van der Waals surface area contributed by atoms with Gasteiger partial charge in [0.2, 0.25) is 6.29 Å². The van der Waals surface area contributed by atoms with Crippen LogP contribution in [0.4, 0.5) is 0 Å². The molecular weight excluding hydrogens is 224 g/mol. The molecule has 0 bridgehead atoms. The van der Waals surface area contributed by atoms with Crippen LogP contribution in [-0.2, 0) is 9.47 Å². The average Bonchev–Trinajstić information content (AvgIpc) is 2.77. The molecule has 2 rings (SSSR count). The van der Waals surface area contributed by atoms with Crippen molar-refractivity contribution in [3.8, 4) is 0 Å². The number of allylic oxidation sites excluding steroid dienone is 4. The Bertz CT molecular complexity index is 355. The molecule has 1 aliphatic carbocycles. The van der Waals surface area contributed by atoms with Gasteiger partial charge in [-0.1, -0.05) is 37.1 Å². The molecule has 18 heavy (non-hydrogen) atoms. The maximum atomic E-state index is 5.32. The van der Waals surface area contributed by atoms with E-state index >= 15 is 0 Å². The fraction of sp³-hybridized carbons (Fsp3) is 0.625. The van der Waals surface area contributed by atoms with Gasteiger partial charge in [-0.3, -0.25) is 0 Å². The molecule has 1 aliphatic heterocycles. The summed E-state index contributed by atoms with van der Waals surface area (Å²) >= 11 is 0. The number of ether oxygens (including phenoxy) is 2. The number of hydrogen-bond acceptors (Lipinski definition) is 2. The predicted molar refractivity (Wildman–Crippen MR) is 73.7 cm³/mol. The standard InChI is InChI=1S/C16H24O2/c1-12(2)8-15-10-13(3)9-14(11-15)4-5-16-17-6-7-18-16/h6-7,9-10,12,15-16H,4-5,8,11H2,1-3H3. The van der Waals surface area contributed by atoms with E-state index in [1.807, 2.05) is 0 Å². The molecule has 0 amide bonds. The Morgan fingerprint density at radius 3 is 2.67 bits per heavy atom. The van der Waals surface area contributed by atoms with Crippen molar-refractivity contribution in [2.75, 3.05) is 0 Å². The lowest BCUT2D eigenvalue weighted by Gasteiger charge is -2.23. The Morgan fingerprint density at radius 2 is 2.00 bits per heavy atom. The van der Waals surface area contributed by atoms with Gasteiger partial charge >= 0.3 is 0 Å². The van der Waals surface area contributed by atoms with E-state index in [2.05, 4.69) is 32.9 Å². The summed E-state index contributed by atoms with van der Waals surface area (Å²) in [6.07, 6.45) is 12.5. The second kappa shape index (κ2) is 6.12. The average molecular weight is 248 g/mol. The van der Waals surface area contributed by atoms with Gasteiger partial charge in [0.25, 0.3) is 0 Å². The van der Waals surface area contributed by atoms with Crippen LogP contribution in [0, 0.1) is 11.8 Å². The molecule has 0 radical (unpaired) electrons. The molecule has 1 atom stereocenters. The molecule has 1 unspecified atom stereocenters. The molecule has 0 aromatic rings. The van der Waals surface area contributed by atoms with E-state index in [0.29, 0.717) is 5.92 Å². The van der Waals surface area contributed by atoms with Gasteiger partial charge < -0.3 is 9.47 Å². The van der Waals surface area contributed by atoms with E-state index in [4.69, 9.17) is 9.47 Å². The number of rotatable bonds is 5. The van der Waals surface area contributed by atoms with Crippen LogP contribution in [0.2, 0.25) is 0 Å². The van der Waals surface area contributed by atoms with Gasteiger partial charge in [0.05, 0.1) is 0 Å². The third-order valence-corrected chi connectivity index (χ3v) is 3.45. The summed E-state index contributed by atoms with van der Waals surface area (Å²) in [4.78, 5) is 0. The largest absolute Gasteiger partial charge is 0.459 e. The minimum Gasteiger partial charge on any atom is -0.459 e. The molecule has 0 fully saturated rings. The third-order valence-electron chi connectivity index (χ3n) is 3.45. The zero-order valence-electron chi connectivity index (χ0n) is 11.7. The smallest absolute Gasteiger partial charge is 0.240 e. The summed E-state index contributed by atoms with van der Waals surface area (Å²) in [6.45, 7) is 6.80. The Morgan fingerprint density at radius 1 is 1.28 bits per heavy atom. The molecule has 0 saturated carbocycles. The molecule has 1 heterocycles. The van der Waals surface area contributed by atoms with Gasteiger partial charge in [-0.25, -0.2) is 0 Å². The molecular formula is C16H24O2. The normalized spacial score (nSPS) is 23.7. The summed E-state index contributed by atoms with van der Waals surface area (Å²) in [6, 6.07) is 0. The van der Waals surface area contributed by atoms with Gasteiger partial charge in [0, 0.05) is 6.42 Å². The SMILES string of the molecule is CC1=CC(CC(C)C)CC(CCC2OC=CO2)=C1. The lowest BCUT2D eigenvalue weighted by molar-refractivity contribution is -0.0276. The van der Waals surface area contributed by atoms with Gasteiger partial charge in [-0.05, 0) is 38.0 Å². The molecule has 100 valence electrons. The van der Waals surface area contributed by atoms with E-state index in [0.717, 1.165) is 18.8 Å². The van der Waals surface area contributed by atoms with Crippen molar-refractivity contribution in [3.05, 3.63) is 35.8 Å². The first-order chi connectivity index (χ1) is 8.63. The lowest BCUT2D eigenvalue weighted by atomic mass is 9.84. The van der Waals surface area contributed by atoms with E-state index in [1.165, 1.54) is 18.4 Å². The number of hydrogen-bond donors (Lipinski definition) is 0. The molecule has 2 aliphatic rings. The van der Waals surface area contributed by atoms with Crippen molar-refractivity contribution in [2.45, 2.75) is 52.7 Å². The maximum absolute atomic E-state index is 5.32. The summed E-state index contributed by atoms with van der Waals surface area (Å²) in [5.41, 5.74) is 2.95. The van der Waals surface area contributed by atoms with E-state index in [9.17, 15) is 0 Å². The van der Waals surface area contributed by atoms with Crippen molar-refractivity contribution in [1.82, 2.24) is 0 Å². The van der Waals surface area contributed by atoms with Crippen LogP contribution in [0.3, 0.4) is 0 Å². The van der Waals surface area contributed by atoms with Crippen molar-refractivity contribution >= 4 is 0 Å². The van der Waals surface area contributed by atoms with Crippen LogP contribution in [-0.4, -0.2) is 6.29 Å². The highest BCUT2D eigenvalue weighted by molar-refractivity contribution is 5.27.